The van der Waals surface area contributed by atoms with E-state index in [2.05, 4.69) is 5.16 Å². The molecule has 20 heavy (non-hydrogen) atoms. The van der Waals surface area contributed by atoms with Gasteiger partial charge >= 0.3 is 0 Å². The molecule has 0 aliphatic heterocycles. The highest BCUT2D eigenvalue weighted by Gasteiger charge is 2.18. The number of aryl methyl sites for hydroxylation is 1. The van der Waals surface area contributed by atoms with Crippen molar-refractivity contribution in [2.24, 2.45) is 0 Å². The average molecular weight is 321 g/mol. The maximum Gasteiger partial charge on any atom is 0.238 e. The number of phenols is 1. The largest absolute Gasteiger partial charge is 0.504 e. The Labute approximate surface area is 119 Å². The summed E-state index contributed by atoms with van der Waals surface area (Å²) in [5, 5.41) is 12.8. The summed E-state index contributed by atoms with van der Waals surface area (Å²) in [5.74, 6) is -1.33. The van der Waals surface area contributed by atoms with Gasteiger partial charge in [0, 0.05) is 12.1 Å². The maximum absolute atomic E-state index is 13.2. The number of nitrogens with zero attached hydrogens (tertiary/aromatic N) is 1. The fourth-order valence-electron chi connectivity index (χ4n) is 1.53. The maximum atomic E-state index is 13.2. The van der Waals surface area contributed by atoms with Gasteiger partial charge in [-0.3, -0.25) is 4.72 Å². The lowest BCUT2D eigenvalue weighted by atomic mass is 10.3. The first-order chi connectivity index (χ1) is 9.27. The second-order valence-corrected chi connectivity index (χ2v) is 6.20. The van der Waals surface area contributed by atoms with E-state index < -0.39 is 27.3 Å². The van der Waals surface area contributed by atoms with Gasteiger partial charge in [0.1, 0.15) is 23.0 Å². The molecule has 0 bridgehead atoms. The van der Waals surface area contributed by atoms with Crippen molar-refractivity contribution in [3.05, 3.63) is 40.5 Å². The lowest BCUT2D eigenvalue weighted by molar-refractivity contribution is 0.392. The first-order valence-corrected chi connectivity index (χ1v) is 7.40. The summed E-state index contributed by atoms with van der Waals surface area (Å²) in [7, 11) is -3.89. The summed E-state index contributed by atoms with van der Waals surface area (Å²) < 4.78 is 43.7. The monoisotopic (exact) mass is 320 g/mol. The van der Waals surface area contributed by atoms with E-state index in [1.54, 1.807) is 6.92 Å². The molecule has 2 aromatic rings. The molecule has 0 saturated carbocycles. The molecule has 2 N–H and O–H groups in total. The van der Waals surface area contributed by atoms with E-state index in [-0.39, 0.29) is 16.4 Å². The minimum Gasteiger partial charge on any atom is -0.504 e. The van der Waals surface area contributed by atoms with Crippen LogP contribution in [0.3, 0.4) is 0 Å². The fourth-order valence-corrected chi connectivity index (χ4v) is 2.82. The molecule has 1 aromatic carbocycles. The van der Waals surface area contributed by atoms with Crippen molar-refractivity contribution in [1.29, 1.82) is 0 Å². The zero-order valence-corrected chi connectivity index (χ0v) is 11.8. The van der Waals surface area contributed by atoms with Crippen molar-refractivity contribution in [2.45, 2.75) is 12.7 Å². The third-order valence-electron chi connectivity index (χ3n) is 2.31. The van der Waals surface area contributed by atoms with Crippen LogP contribution in [0.4, 0.5) is 10.1 Å². The zero-order valence-electron chi connectivity index (χ0n) is 10.2. The average Bonchev–Trinajstić information content (AvgIpc) is 2.69. The zero-order chi connectivity index (χ0) is 14.9. The third kappa shape index (κ3) is 3.40. The number of rotatable bonds is 4. The number of aromatic hydroxyl groups is 1. The Morgan fingerprint density at radius 1 is 1.45 bits per heavy atom. The molecule has 1 aromatic heterocycles. The summed E-state index contributed by atoms with van der Waals surface area (Å²) in [6, 6.07) is 3.15. The summed E-state index contributed by atoms with van der Waals surface area (Å²) in [4.78, 5) is 0. The van der Waals surface area contributed by atoms with Gasteiger partial charge in [0.15, 0.2) is 5.75 Å². The van der Waals surface area contributed by atoms with Gasteiger partial charge in [0.05, 0.1) is 10.7 Å². The Balaban J connectivity index is 2.24. The van der Waals surface area contributed by atoms with E-state index >= 15 is 0 Å². The Morgan fingerprint density at radius 3 is 2.75 bits per heavy atom. The molecular formula is C11H10ClFN2O4S. The second kappa shape index (κ2) is 5.29. The van der Waals surface area contributed by atoms with Crippen LogP contribution in [-0.2, 0) is 15.8 Å². The van der Waals surface area contributed by atoms with E-state index in [9.17, 15) is 17.9 Å². The SMILES string of the molecule is Cc1cc(CS(=O)(=O)Nc2cc(F)cc(Cl)c2O)no1. The van der Waals surface area contributed by atoms with Crippen LogP contribution in [0, 0.1) is 12.7 Å². The van der Waals surface area contributed by atoms with Crippen molar-refractivity contribution in [3.63, 3.8) is 0 Å². The lowest BCUT2D eigenvalue weighted by Gasteiger charge is -2.09. The predicted molar refractivity (Wildman–Crippen MR) is 70.6 cm³/mol. The highest BCUT2D eigenvalue weighted by atomic mass is 35.5. The quantitative estimate of drug-likeness (QED) is 0.844. The predicted octanol–water partition coefficient (Wildman–Crippen LogP) is 2.42. The molecule has 0 aliphatic carbocycles. The van der Waals surface area contributed by atoms with Crippen molar-refractivity contribution in [3.8, 4) is 5.75 Å². The van der Waals surface area contributed by atoms with Crippen LogP contribution in [-0.4, -0.2) is 18.7 Å². The van der Waals surface area contributed by atoms with Crippen molar-refractivity contribution >= 4 is 27.3 Å². The van der Waals surface area contributed by atoms with Crippen molar-refractivity contribution < 1.29 is 22.4 Å². The molecule has 108 valence electrons. The lowest BCUT2D eigenvalue weighted by Crippen LogP contribution is -2.15. The fraction of sp³-hybridized carbons (Fsp3) is 0.182. The van der Waals surface area contributed by atoms with E-state index in [1.165, 1.54) is 6.07 Å². The van der Waals surface area contributed by atoms with Gasteiger partial charge in [-0.2, -0.15) is 0 Å². The normalized spacial score (nSPS) is 11.6. The molecule has 0 aliphatic rings. The van der Waals surface area contributed by atoms with Gasteiger partial charge in [-0.15, -0.1) is 0 Å². The van der Waals surface area contributed by atoms with Crippen molar-refractivity contribution in [2.75, 3.05) is 4.72 Å². The number of halogens is 2. The van der Waals surface area contributed by atoms with E-state index in [4.69, 9.17) is 16.1 Å². The van der Waals surface area contributed by atoms with Crippen LogP contribution in [0.2, 0.25) is 5.02 Å². The van der Waals surface area contributed by atoms with Gasteiger partial charge in [-0.05, 0) is 13.0 Å². The number of hydrogen-bond acceptors (Lipinski definition) is 5. The molecule has 2 rings (SSSR count). The summed E-state index contributed by atoms with van der Waals surface area (Å²) >= 11 is 5.56. The minimum absolute atomic E-state index is 0.192. The number of sulfonamides is 1. The van der Waals surface area contributed by atoms with Crippen LogP contribution in [0.5, 0.6) is 5.75 Å². The molecule has 0 unspecified atom stereocenters. The number of hydrogen-bond donors (Lipinski definition) is 2. The standard InChI is InChI=1S/C11H10ClFN2O4S/c1-6-2-8(14-19-6)5-20(17,18)15-10-4-7(13)3-9(12)11(10)16/h2-4,15-16H,5H2,1H3. The number of aromatic nitrogens is 1. The minimum atomic E-state index is -3.89. The van der Waals surface area contributed by atoms with Crippen LogP contribution in [0.15, 0.2) is 22.7 Å². The molecule has 0 radical (unpaired) electrons. The molecule has 0 saturated heterocycles. The smallest absolute Gasteiger partial charge is 0.238 e. The molecule has 6 nitrogen and oxygen atoms in total. The van der Waals surface area contributed by atoms with Crippen LogP contribution >= 0.6 is 11.6 Å². The van der Waals surface area contributed by atoms with E-state index in [0.717, 1.165) is 12.1 Å². The van der Waals surface area contributed by atoms with E-state index in [1.807, 2.05) is 4.72 Å². The Kier molecular flexibility index (Phi) is 3.87. The number of anilines is 1. The molecule has 0 fully saturated rings. The number of nitrogens with one attached hydrogen (secondary N) is 1. The molecule has 0 atom stereocenters. The van der Waals surface area contributed by atoms with Crippen molar-refractivity contribution in [1.82, 2.24) is 5.16 Å². The van der Waals surface area contributed by atoms with Crippen LogP contribution in [0.1, 0.15) is 11.5 Å². The summed E-state index contributed by atoms with van der Waals surface area (Å²) in [5.41, 5.74) is -0.146. The summed E-state index contributed by atoms with van der Waals surface area (Å²) in [6.45, 7) is 1.62. The topological polar surface area (TPSA) is 92.4 Å². The van der Waals surface area contributed by atoms with Gasteiger partial charge in [-0.25, -0.2) is 12.8 Å². The molecule has 0 amide bonds. The van der Waals surface area contributed by atoms with Crippen LogP contribution < -0.4 is 4.72 Å². The van der Waals surface area contributed by atoms with Gasteiger partial charge < -0.3 is 9.63 Å². The Morgan fingerprint density at radius 2 is 2.15 bits per heavy atom. The highest BCUT2D eigenvalue weighted by Crippen LogP contribution is 2.33. The number of benzene rings is 1. The Bertz CT molecular complexity index is 745. The molecule has 0 spiro atoms. The highest BCUT2D eigenvalue weighted by molar-refractivity contribution is 7.91. The number of phenolic OH excluding ortho intramolecular Hbond substituents is 1. The first kappa shape index (κ1) is 14.6. The first-order valence-electron chi connectivity index (χ1n) is 5.37. The van der Waals surface area contributed by atoms with Gasteiger partial charge in [0.25, 0.3) is 0 Å². The molecule has 9 heteroatoms. The summed E-state index contributed by atoms with van der Waals surface area (Å²) in [6.07, 6.45) is 0. The molecule has 1 heterocycles. The Hall–Kier alpha value is -1.80. The van der Waals surface area contributed by atoms with Gasteiger partial charge in [0.2, 0.25) is 10.0 Å². The second-order valence-electron chi connectivity index (χ2n) is 4.07. The third-order valence-corrected chi connectivity index (χ3v) is 3.80. The van der Waals surface area contributed by atoms with Crippen LogP contribution in [0.25, 0.3) is 0 Å². The van der Waals surface area contributed by atoms with Gasteiger partial charge in [-0.1, -0.05) is 16.8 Å². The molecular weight excluding hydrogens is 311 g/mol. The van der Waals surface area contributed by atoms with E-state index in [0.29, 0.717) is 5.76 Å².